The fraction of sp³-hybridized carbons (Fsp3) is 0.235. The van der Waals surface area contributed by atoms with Crippen molar-refractivity contribution in [1.82, 2.24) is 0 Å². The molecular weight excluding hydrogens is 268 g/mol. The van der Waals surface area contributed by atoms with Crippen molar-refractivity contribution in [3.8, 4) is 11.5 Å². The molecule has 0 heterocycles. The van der Waals surface area contributed by atoms with Crippen molar-refractivity contribution in [2.24, 2.45) is 0 Å². The van der Waals surface area contributed by atoms with Gasteiger partial charge in [0, 0.05) is 17.5 Å². The molecule has 0 saturated carbocycles. The molecule has 2 aromatic carbocycles. The Morgan fingerprint density at radius 1 is 1.10 bits per heavy atom. The van der Waals surface area contributed by atoms with Gasteiger partial charge in [-0.1, -0.05) is 36.4 Å². The maximum Gasteiger partial charge on any atom is 0.304 e. The first-order chi connectivity index (χ1) is 10.2. The lowest BCUT2D eigenvalue weighted by molar-refractivity contribution is -0.137. The van der Waals surface area contributed by atoms with Crippen molar-refractivity contribution in [3.63, 3.8) is 0 Å². The predicted molar refractivity (Wildman–Crippen MR) is 80.1 cm³/mol. The van der Waals surface area contributed by atoms with Gasteiger partial charge in [-0.2, -0.15) is 0 Å². The van der Waals surface area contributed by atoms with E-state index >= 15 is 0 Å². The summed E-state index contributed by atoms with van der Waals surface area (Å²) in [5, 5.41) is 9.21. The normalized spacial score (nSPS) is 11.7. The Morgan fingerprint density at radius 3 is 2.38 bits per heavy atom. The molecule has 0 aromatic heterocycles. The first kappa shape index (κ1) is 14.9. The number of benzene rings is 2. The minimum Gasteiger partial charge on any atom is -0.497 e. The summed E-state index contributed by atoms with van der Waals surface area (Å²) in [7, 11) is 3.15. The summed E-state index contributed by atoms with van der Waals surface area (Å²) in [6.45, 7) is 0. The number of rotatable bonds is 6. The van der Waals surface area contributed by atoms with Crippen molar-refractivity contribution in [2.45, 2.75) is 12.3 Å². The average molecular weight is 286 g/mol. The van der Waals surface area contributed by atoms with E-state index in [-0.39, 0.29) is 12.3 Å². The van der Waals surface area contributed by atoms with Gasteiger partial charge in [-0.05, 0) is 11.6 Å². The summed E-state index contributed by atoms with van der Waals surface area (Å²) in [5.41, 5.74) is 1.79. The van der Waals surface area contributed by atoms with E-state index in [1.165, 1.54) is 0 Å². The summed E-state index contributed by atoms with van der Waals surface area (Å²) in [6.07, 6.45) is 0.00665. The molecule has 0 aliphatic carbocycles. The maximum atomic E-state index is 11.2. The fourth-order valence-electron chi connectivity index (χ4n) is 2.37. The molecule has 21 heavy (non-hydrogen) atoms. The Balaban J connectivity index is 2.48. The lowest BCUT2D eigenvalue weighted by atomic mass is 9.88. The average Bonchev–Trinajstić information content (AvgIpc) is 2.52. The van der Waals surface area contributed by atoms with E-state index in [1.807, 2.05) is 42.5 Å². The van der Waals surface area contributed by atoms with E-state index in [9.17, 15) is 9.90 Å². The van der Waals surface area contributed by atoms with Gasteiger partial charge < -0.3 is 14.6 Å². The largest absolute Gasteiger partial charge is 0.497 e. The van der Waals surface area contributed by atoms with Crippen molar-refractivity contribution < 1.29 is 19.4 Å². The van der Waals surface area contributed by atoms with Crippen LogP contribution >= 0.6 is 0 Å². The first-order valence-corrected chi connectivity index (χ1v) is 6.64. The van der Waals surface area contributed by atoms with Gasteiger partial charge in [0.2, 0.25) is 0 Å². The van der Waals surface area contributed by atoms with E-state index in [0.29, 0.717) is 11.5 Å². The van der Waals surface area contributed by atoms with E-state index in [0.717, 1.165) is 11.1 Å². The van der Waals surface area contributed by atoms with Gasteiger partial charge in [-0.15, -0.1) is 0 Å². The van der Waals surface area contributed by atoms with Gasteiger partial charge in [0.15, 0.2) is 0 Å². The quantitative estimate of drug-likeness (QED) is 0.885. The van der Waals surface area contributed by atoms with Crippen molar-refractivity contribution in [1.29, 1.82) is 0 Å². The van der Waals surface area contributed by atoms with Crippen LogP contribution in [0.5, 0.6) is 11.5 Å². The van der Waals surface area contributed by atoms with Gasteiger partial charge in [0.05, 0.1) is 20.6 Å². The number of carbonyl (C=O) groups is 1. The molecule has 4 heteroatoms. The highest BCUT2D eigenvalue weighted by Gasteiger charge is 2.21. The third-order valence-electron chi connectivity index (χ3n) is 3.40. The van der Waals surface area contributed by atoms with Gasteiger partial charge in [-0.3, -0.25) is 4.79 Å². The highest BCUT2D eigenvalue weighted by Crippen LogP contribution is 2.36. The van der Waals surface area contributed by atoms with Gasteiger partial charge >= 0.3 is 5.97 Å². The monoisotopic (exact) mass is 286 g/mol. The lowest BCUT2D eigenvalue weighted by Gasteiger charge is -2.19. The Bertz CT molecular complexity index is 607. The molecule has 1 unspecified atom stereocenters. The molecule has 0 aliphatic heterocycles. The van der Waals surface area contributed by atoms with Crippen molar-refractivity contribution in [2.75, 3.05) is 14.2 Å². The zero-order valence-corrected chi connectivity index (χ0v) is 12.1. The molecule has 110 valence electrons. The first-order valence-electron chi connectivity index (χ1n) is 6.64. The number of aliphatic carboxylic acids is 1. The molecule has 0 saturated heterocycles. The second-order valence-electron chi connectivity index (χ2n) is 4.67. The number of carboxylic acid groups (broad SMARTS) is 1. The van der Waals surface area contributed by atoms with Crippen molar-refractivity contribution in [3.05, 3.63) is 59.7 Å². The lowest BCUT2D eigenvalue weighted by Crippen LogP contribution is -2.09. The minimum absolute atomic E-state index is 0.00665. The van der Waals surface area contributed by atoms with Crippen LogP contribution in [0, 0.1) is 0 Å². The van der Waals surface area contributed by atoms with Crippen molar-refractivity contribution >= 4 is 5.97 Å². The minimum atomic E-state index is -0.846. The highest BCUT2D eigenvalue weighted by molar-refractivity contribution is 5.69. The van der Waals surface area contributed by atoms with E-state index in [4.69, 9.17) is 9.47 Å². The fourth-order valence-corrected chi connectivity index (χ4v) is 2.37. The zero-order chi connectivity index (χ0) is 15.2. The van der Waals surface area contributed by atoms with Crippen LogP contribution in [0.2, 0.25) is 0 Å². The summed E-state index contributed by atoms with van der Waals surface area (Å²) < 4.78 is 10.6. The van der Waals surface area contributed by atoms with Crippen LogP contribution in [-0.4, -0.2) is 25.3 Å². The molecule has 0 radical (unpaired) electrons. The number of methoxy groups -OCH3 is 2. The van der Waals surface area contributed by atoms with Crippen LogP contribution < -0.4 is 9.47 Å². The smallest absolute Gasteiger partial charge is 0.304 e. The van der Waals surface area contributed by atoms with Crippen LogP contribution in [0.15, 0.2) is 48.5 Å². The highest BCUT2D eigenvalue weighted by atomic mass is 16.5. The summed E-state index contributed by atoms with van der Waals surface area (Å²) >= 11 is 0. The molecule has 0 aliphatic rings. The Hall–Kier alpha value is -2.49. The zero-order valence-electron chi connectivity index (χ0n) is 12.1. The van der Waals surface area contributed by atoms with Crippen LogP contribution in [0.4, 0.5) is 0 Å². The molecule has 4 nitrogen and oxygen atoms in total. The van der Waals surface area contributed by atoms with Gasteiger partial charge in [0.1, 0.15) is 11.5 Å². The topological polar surface area (TPSA) is 55.8 Å². The Labute approximate surface area is 123 Å². The van der Waals surface area contributed by atoms with E-state index in [2.05, 4.69) is 0 Å². The molecule has 0 fully saturated rings. The second kappa shape index (κ2) is 6.79. The van der Waals surface area contributed by atoms with E-state index in [1.54, 1.807) is 20.3 Å². The van der Waals surface area contributed by atoms with Gasteiger partial charge in [-0.25, -0.2) is 0 Å². The Kier molecular flexibility index (Phi) is 4.82. The molecular formula is C17H18O4. The number of ether oxygens (including phenoxy) is 2. The van der Waals surface area contributed by atoms with Crippen LogP contribution in [-0.2, 0) is 4.79 Å². The molecule has 0 bridgehead atoms. The third-order valence-corrected chi connectivity index (χ3v) is 3.40. The maximum absolute atomic E-state index is 11.2. The summed E-state index contributed by atoms with van der Waals surface area (Å²) in [6, 6.07) is 15.0. The molecule has 0 spiro atoms. The number of carboxylic acids is 1. The van der Waals surface area contributed by atoms with Crippen LogP contribution in [0.1, 0.15) is 23.5 Å². The number of hydrogen-bond donors (Lipinski definition) is 1. The predicted octanol–water partition coefficient (Wildman–Crippen LogP) is 3.31. The molecule has 1 atom stereocenters. The number of hydrogen-bond acceptors (Lipinski definition) is 3. The summed E-state index contributed by atoms with van der Waals surface area (Å²) in [4.78, 5) is 11.2. The standard InChI is InChI=1S/C17H18O4/c1-20-13-8-9-14(16(10-13)21-2)15(11-17(18)19)12-6-4-3-5-7-12/h3-10,15H,11H2,1-2H3,(H,18,19). The molecule has 0 amide bonds. The third kappa shape index (κ3) is 3.54. The molecule has 1 N–H and O–H groups in total. The van der Waals surface area contributed by atoms with Crippen LogP contribution in [0.25, 0.3) is 0 Å². The summed E-state index contributed by atoms with van der Waals surface area (Å²) in [5.74, 6) is 0.202. The Morgan fingerprint density at radius 2 is 1.81 bits per heavy atom. The molecule has 2 aromatic rings. The van der Waals surface area contributed by atoms with E-state index < -0.39 is 5.97 Å². The van der Waals surface area contributed by atoms with Gasteiger partial charge in [0.25, 0.3) is 0 Å². The second-order valence-corrected chi connectivity index (χ2v) is 4.67. The SMILES string of the molecule is COc1ccc(C(CC(=O)O)c2ccccc2)c(OC)c1. The molecule has 2 rings (SSSR count). The van der Waals surface area contributed by atoms with Crippen LogP contribution in [0.3, 0.4) is 0 Å².